The molecule has 0 bridgehead atoms. The van der Waals surface area contributed by atoms with E-state index in [1.54, 1.807) is 12.1 Å². The fourth-order valence-corrected chi connectivity index (χ4v) is 3.54. The molecule has 1 aliphatic rings. The summed E-state index contributed by atoms with van der Waals surface area (Å²) in [6.45, 7) is 4.90. The van der Waals surface area contributed by atoms with Gasteiger partial charge < -0.3 is 10.1 Å². The van der Waals surface area contributed by atoms with Crippen molar-refractivity contribution >= 4 is 28.8 Å². The van der Waals surface area contributed by atoms with Crippen LogP contribution in [-0.2, 0) is 17.8 Å². The fourth-order valence-electron chi connectivity index (χ4n) is 2.58. The van der Waals surface area contributed by atoms with Crippen LogP contribution in [0.2, 0.25) is 4.34 Å². The van der Waals surface area contributed by atoms with Crippen molar-refractivity contribution in [2.45, 2.75) is 13.1 Å². The van der Waals surface area contributed by atoms with Crippen LogP contribution in [0, 0.1) is 0 Å². The van der Waals surface area contributed by atoms with Gasteiger partial charge >= 0.3 is 0 Å². The Hall–Kier alpha value is -1.40. The molecule has 0 spiro atoms. The first-order chi connectivity index (χ1) is 11.2. The number of rotatable bonds is 5. The lowest BCUT2D eigenvalue weighted by Crippen LogP contribution is -2.36. The Kier molecular flexibility index (Phi) is 5.67. The van der Waals surface area contributed by atoms with E-state index < -0.39 is 0 Å². The Bertz CT molecular complexity index is 668. The minimum atomic E-state index is -0.0805. The summed E-state index contributed by atoms with van der Waals surface area (Å²) in [5.74, 6) is -0.0805. The number of benzene rings is 1. The van der Waals surface area contributed by atoms with E-state index in [0.717, 1.165) is 38.4 Å². The largest absolute Gasteiger partial charge is 0.379 e. The van der Waals surface area contributed by atoms with Gasteiger partial charge in [-0.3, -0.25) is 9.69 Å². The van der Waals surface area contributed by atoms with Gasteiger partial charge in [0.25, 0.3) is 5.91 Å². The molecule has 1 aromatic carbocycles. The predicted molar refractivity (Wildman–Crippen MR) is 93.0 cm³/mol. The van der Waals surface area contributed by atoms with Gasteiger partial charge in [-0.1, -0.05) is 35.9 Å². The van der Waals surface area contributed by atoms with Crippen LogP contribution in [0.15, 0.2) is 36.4 Å². The number of hydrogen-bond acceptors (Lipinski definition) is 4. The van der Waals surface area contributed by atoms with Crippen molar-refractivity contribution in [3.05, 3.63) is 56.7 Å². The third-order valence-corrected chi connectivity index (χ3v) is 5.08. The summed E-state index contributed by atoms with van der Waals surface area (Å²) in [6, 6.07) is 11.7. The lowest BCUT2D eigenvalue weighted by Gasteiger charge is -2.27. The van der Waals surface area contributed by atoms with Gasteiger partial charge in [-0.2, -0.15) is 0 Å². The third-order valence-electron chi connectivity index (χ3n) is 3.85. The number of morpholine rings is 1. The quantitative estimate of drug-likeness (QED) is 0.900. The highest BCUT2D eigenvalue weighted by Crippen LogP contribution is 2.21. The van der Waals surface area contributed by atoms with E-state index in [2.05, 4.69) is 22.3 Å². The van der Waals surface area contributed by atoms with E-state index in [0.29, 0.717) is 15.8 Å². The molecule has 4 nitrogen and oxygen atoms in total. The number of amides is 1. The summed E-state index contributed by atoms with van der Waals surface area (Å²) in [7, 11) is 0. The summed E-state index contributed by atoms with van der Waals surface area (Å²) in [5.41, 5.74) is 2.40. The first-order valence-electron chi connectivity index (χ1n) is 7.63. The summed E-state index contributed by atoms with van der Waals surface area (Å²) in [5, 5.41) is 2.98. The van der Waals surface area contributed by atoms with Crippen LogP contribution in [0.1, 0.15) is 20.8 Å². The number of hydrogen-bond donors (Lipinski definition) is 1. The topological polar surface area (TPSA) is 41.6 Å². The van der Waals surface area contributed by atoms with Gasteiger partial charge in [0.1, 0.15) is 0 Å². The number of halogens is 1. The molecule has 1 aromatic heterocycles. The van der Waals surface area contributed by atoms with Crippen molar-refractivity contribution in [3.63, 3.8) is 0 Å². The van der Waals surface area contributed by atoms with Crippen LogP contribution in [0.5, 0.6) is 0 Å². The maximum atomic E-state index is 12.1. The zero-order chi connectivity index (χ0) is 16.1. The number of thiophene rings is 1. The zero-order valence-electron chi connectivity index (χ0n) is 12.8. The standard InChI is InChI=1S/C17H19ClN2O2S/c18-16-6-5-15(23-16)17(21)19-11-13-3-1-2-4-14(13)12-20-7-9-22-10-8-20/h1-6H,7-12H2,(H,19,21). The summed E-state index contributed by atoms with van der Waals surface area (Å²) < 4.78 is 6.02. The van der Waals surface area contributed by atoms with Crippen molar-refractivity contribution in [1.29, 1.82) is 0 Å². The van der Waals surface area contributed by atoms with E-state index in [-0.39, 0.29) is 5.91 Å². The Balaban J connectivity index is 1.62. The van der Waals surface area contributed by atoms with Crippen LogP contribution >= 0.6 is 22.9 Å². The molecule has 23 heavy (non-hydrogen) atoms. The first-order valence-corrected chi connectivity index (χ1v) is 8.82. The number of carbonyl (C=O) groups is 1. The van der Waals surface area contributed by atoms with Crippen molar-refractivity contribution in [3.8, 4) is 0 Å². The maximum absolute atomic E-state index is 12.1. The Morgan fingerprint density at radius 2 is 1.91 bits per heavy atom. The van der Waals surface area contributed by atoms with Gasteiger partial charge in [0.05, 0.1) is 22.4 Å². The minimum Gasteiger partial charge on any atom is -0.379 e. The molecule has 0 unspecified atom stereocenters. The molecule has 0 atom stereocenters. The molecule has 6 heteroatoms. The normalized spacial score (nSPS) is 15.5. The molecule has 0 radical (unpaired) electrons. The van der Waals surface area contributed by atoms with E-state index in [9.17, 15) is 4.79 Å². The molecular weight excluding hydrogens is 332 g/mol. The van der Waals surface area contributed by atoms with Crippen LogP contribution in [0.25, 0.3) is 0 Å². The van der Waals surface area contributed by atoms with E-state index in [4.69, 9.17) is 16.3 Å². The Labute approximate surface area is 145 Å². The number of nitrogens with one attached hydrogen (secondary N) is 1. The van der Waals surface area contributed by atoms with Crippen molar-refractivity contribution in [1.82, 2.24) is 10.2 Å². The van der Waals surface area contributed by atoms with Crippen molar-refractivity contribution < 1.29 is 9.53 Å². The second kappa shape index (κ2) is 7.93. The molecule has 0 saturated carbocycles. The predicted octanol–water partition coefficient (Wildman–Crippen LogP) is 3.16. The van der Waals surface area contributed by atoms with Gasteiger partial charge in [-0.25, -0.2) is 0 Å². The lowest BCUT2D eigenvalue weighted by atomic mass is 10.1. The molecular formula is C17H19ClN2O2S. The highest BCUT2D eigenvalue weighted by Gasteiger charge is 2.13. The van der Waals surface area contributed by atoms with Gasteiger partial charge in [0.15, 0.2) is 0 Å². The fraction of sp³-hybridized carbons (Fsp3) is 0.353. The van der Waals surface area contributed by atoms with Crippen molar-refractivity contribution in [2.24, 2.45) is 0 Å². The zero-order valence-corrected chi connectivity index (χ0v) is 14.3. The van der Waals surface area contributed by atoms with Gasteiger partial charge in [0, 0.05) is 26.2 Å². The molecule has 1 saturated heterocycles. The van der Waals surface area contributed by atoms with Gasteiger partial charge in [-0.05, 0) is 23.3 Å². The molecule has 2 heterocycles. The first kappa shape index (κ1) is 16.5. The maximum Gasteiger partial charge on any atom is 0.261 e. The SMILES string of the molecule is O=C(NCc1ccccc1CN1CCOCC1)c1ccc(Cl)s1. The molecule has 1 amide bonds. The Morgan fingerprint density at radius 1 is 1.17 bits per heavy atom. The minimum absolute atomic E-state index is 0.0805. The molecule has 122 valence electrons. The average molecular weight is 351 g/mol. The summed E-state index contributed by atoms with van der Waals surface area (Å²) in [6.07, 6.45) is 0. The molecule has 1 fully saturated rings. The smallest absolute Gasteiger partial charge is 0.261 e. The van der Waals surface area contributed by atoms with E-state index >= 15 is 0 Å². The monoisotopic (exact) mass is 350 g/mol. The second-order valence-electron chi connectivity index (χ2n) is 5.44. The molecule has 2 aromatic rings. The molecule has 3 rings (SSSR count). The van der Waals surface area contributed by atoms with Crippen LogP contribution in [0.3, 0.4) is 0 Å². The summed E-state index contributed by atoms with van der Waals surface area (Å²) >= 11 is 7.17. The van der Waals surface area contributed by atoms with E-state index in [1.165, 1.54) is 16.9 Å². The highest BCUT2D eigenvalue weighted by atomic mass is 35.5. The van der Waals surface area contributed by atoms with Crippen molar-refractivity contribution in [2.75, 3.05) is 26.3 Å². The van der Waals surface area contributed by atoms with Gasteiger partial charge in [-0.15, -0.1) is 11.3 Å². The highest BCUT2D eigenvalue weighted by molar-refractivity contribution is 7.17. The summed E-state index contributed by atoms with van der Waals surface area (Å²) in [4.78, 5) is 15.2. The van der Waals surface area contributed by atoms with Crippen LogP contribution < -0.4 is 5.32 Å². The average Bonchev–Trinajstić information content (AvgIpc) is 3.01. The van der Waals surface area contributed by atoms with Crippen LogP contribution in [0.4, 0.5) is 0 Å². The number of nitrogens with zero attached hydrogens (tertiary/aromatic N) is 1. The molecule has 1 aliphatic heterocycles. The lowest BCUT2D eigenvalue weighted by molar-refractivity contribution is 0.0340. The Morgan fingerprint density at radius 3 is 2.61 bits per heavy atom. The van der Waals surface area contributed by atoms with Gasteiger partial charge in [0.2, 0.25) is 0 Å². The molecule has 0 aliphatic carbocycles. The third kappa shape index (κ3) is 4.54. The number of carbonyl (C=O) groups excluding carboxylic acids is 1. The number of ether oxygens (including phenoxy) is 1. The van der Waals surface area contributed by atoms with E-state index in [1.807, 2.05) is 12.1 Å². The van der Waals surface area contributed by atoms with Crippen LogP contribution in [-0.4, -0.2) is 37.1 Å². The molecule has 1 N–H and O–H groups in total. The second-order valence-corrected chi connectivity index (χ2v) is 7.16.